The largest absolute Gasteiger partial charge is 0.344 e. The van der Waals surface area contributed by atoms with Gasteiger partial charge in [-0.25, -0.2) is 9.98 Å². The molecule has 1 unspecified atom stereocenters. The maximum Gasteiger partial charge on any atom is 0.159 e. The normalized spacial score (nSPS) is 14.1. The third-order valence-electron chi connectivity index (χ3n) is 10.5. The van der Waals surface area contributed by atoms with Gasteiger partial charge in [0.05, 0.1) is 0 Å². The summed E-state index contributed by atoms with van der Waals surface area (Å²) in [7, 11) is 0. The van der Waals surface area contributed by atoms with Crippen LogP contribution in [0.2, 0.25) is 0 Å². The minimum Gasteiger partial charge on any atom is -0.344 e. The zero-order valence-corrected chi connectivity index (χ0v) is 29.5. The monoisotopic (exact) mass is 689 g/mol. The Morgan fingerprint density at radius 1 is 0.370 bits per heavy atom. The Morgan fingerprint density at radius 3 is 1.74 bits per heavy atom. The van der Waals surface area contributed by atoms with E-state index >= 15 is 0 Å². The van der Waals surface area contributed by atoms with Gasteiger partial charge in [-0.3, -0.25) is 0 Å². The number of nitrogens with zero attached hydrogens (tertiary/aromatic N) is 2. The highest BCUT2D eigenvalue weighted by Gasteiger charge is 2.23. The lowest BCUT2D eigenvalue weighted by atomic mass is 9.86. The van der Waals surface area contributed by atoms with E-state index < -0.39 is 0 Å². The Labute approximate surface area is 314 Å². The first kappa shape index (κ1) is 31.6. The zero-order valence-electron chi connectivity index (χ0n) is 29.5. The SMILES string of the molecule is c1ccc(-c2ccccc2C2=NC(c3ccc(-c4c(-c5cc6ccccc6c6ccccc56)ccc5ccccc45)cc3)=NC(c3ccccc3)N2)cc1. The Balaban J connectivity index is 1.12. The molecule has 254 valence electrons. The van der Waals surface area contributed by atoms with Crippen LogP contribution in [0.4, 0.5) is 0 Å². The van der Waals surface area contributed by atoms with Crippen molar-refractivity contribution in [3.05, 3.63) is 217 Å². The molecule has 1 atom stereocenters. The van der Waals surface area contributed by atoms with Gasteiger partial charge in [0, 0.05) is 11.1 Å². The van der Waals surface area contributed by atoms with Crippen LogP contribution in [0.15, 0.2) is 210 Å². The summed E-state index contributed by atoms with van der Waals surface area (Å²) in [4.78, 5) is 10.4. The molecule has 0 aromatic heterocycles. The van der Waals surface area contributed by atoms with E-state index in [0.717, 1.165) is 39.2 Å². The molecule has 1 N–H and O–H groups in total. The molecule has 0 saturated heterocycles. The number of amidine groups is 2. The molecule has 0 bridgehead atoms. The van der Waals surface area contributed by atoms with E-state index in [2.05, 4.69) is 193 Å². The van der Waals surface area contributed by atoms with Crippen molar-refractivity contribution >= 4 is 44.0 Å². The van der Waals surface area contributed by atoms with Crippen molar-refractivity contribution in [3.63, 3.8) is 0 Å². The highest BCUT2D eigenvalue weighted by Crippen LogP contribution is 2.43. The summed E-state index contributed by atoms with van der Waals surface area (Å²) in [6, 6.07) is 71.2. The van der Waals surface area contributed by atoms with Crippen LogP contribution in [0.1, 0.15) is 22.9 Å². The van der Waals surface area contributed by atoms with Crippen molar-refractivity contribution in [2.45, 2.75) is 6.17 Å². The molecule has 0 saturated carbocycles. The summed E-state index contributed by atoms with van der Waals surface area (Å²) < 4.78 is 0. The maximum absolute atomic E-state index is 5.22. The molecule has 0 aliphatic carbocycles. The minimum absolute atomic E-state index is 0.289. The molecule has 10 rings (SSSR count). The van der Waals surface area contributed by atoms with Gasteiger partial charge in [0.25, 0.3) is 0 Å². The predicted molar refractivity (Wildman–Crippen MR) is 227 cm³/mol. The lowest BCUT2D eigenvalue weighted by Gasteiger charge is -2.25. The smallest absolute Gasteiger partial charge is 0.159 e. The number of aliphatic imine (C=N–C) groups is 2. The Bertz CT molecular complexity index is 2890. The fourth-order valence-corrected chi connectivity index (χ4v) is 7.95. The lowest BCUT2D eigenvalue weighted by Crippen LogP contribution is -2.33. The quantitative estimate of drug-likeness (QED) is 0.173. The molecule has 9 aromatic rings. The van der Waals surface area contributed by atoms with E-state index in [1.165, 1.54) is 49.0 Å². The summed E-state index contributed by atoms with van der Waals surface area (Å²) in [5, 5.41) is 11.1. The van der Waals surface area contributed by atoms with Crippen LogP contribution in [0.25, 0.3) is 65.7 Å². The van der Waals surface area contributed by atoms with Crippen molar-refractivity contribution in [3.8, 4) is 33.4 Å². The van der Waals surface area contributed by atoms with E-state index in [0.29, 0.717) is 5.84 Å². The van der Waals surface area contributed by atoms with Gasteiger partial charge in [0.15, 0.2) is 5.84 Å². The second-order valence-corrected chi connectivity index (χ2v) is 13.8. The molecule has 0 fully saturated rings. The number of hydrogen-bond donors (Lipinski definition) is 1. The average Bonchev–Trinajstić information content (AvgIpc) is 3.26. The number of fused-ring (bicyclic) bond motifs is 4. The van der Waals surface area contributed by atoms with Crippen LogP contribution in [-0.2, 0) is 0 Å². The molecule has 54 heavy (non-hydrogen) atoms. The fourth-order valence-electron chi connectivity index (χ4n) is 7.95. The van der Waals surface area contributed by atoms with Crippen LogP contribution in [0.5, 0.6) is 0 Å². The number of benzene rings is 9. The fraction of sp³-hybridized carbons (Fsp3) is 0.0196. The lowest BCUT2D eigenvalue weighted by molar-refractivity contribution is 0.674. The second kappa shape index (κ2) is 13.5. The van der Waals surface area contributed by atoms with E-state index in [4.69, 9.17) is 9.98 Å². The minimum atomic E-state index is -0.289. The molecular formula is C51H35N3. The highest BCUT2D eigenvalue weighted by atomic mass is 15.2. The average molecular weight is 690 g/mol. The molecule has 9 aromatic carbocycles. The van der Waals surface area contributed by atoms with E-state index in [1.807, 2.05) is 12.1 Å². The van der Waals surface area contributed by atoms with Gasteiger partial charge in [0.1, 0.15) is 12.0 Å². The van der Waals surface area contributed by atoms with E-state index in [9.17, 15) is 0 Å². The molecule has 0 radical (unpaired) electrons. The molecule has 0 spiro atoms. The Kier molecular flexibility index (Phi) is 7.88. The molecule has 3 heteroatoms. The first-order valence-electron chi connectivity index (χ1n) is 18.4. The van der Waals surface area contributed by atoms with Crippen LogP contribution in [-0.4, -0.2) is 11.7 Å². The number of rotatable bonds is 6. The zero-order chi connectivity index (χ0) is 35.8. The standard InChI is InChI=1S/C51H35N3/c1-3-15-34(16-4-1)40-21-11-14-26-46(40)51-53-49(37-18-5-2-6-19-37)52-50(54-51)38-29-27-36(28-30-38)48-42-23-10-7-17-35(42)31-32-45(48)47-33-39-20-8-9-22-41(39)43-24-12-13-25-44(43)47/h1-33,49H,(H,52,53,54). The first-order chi connectivity index (χ1) is 26.8. The number of nitrogens with one attached hydrogen (secondary N) is 1. The molecule has 1 aliphatic rings. The topological polar surface area (TPSA) is 36.8 Å². The van der Waals surface area contributed by atoms with Gasteiger partial charge in [-0.05, 0) is 77.3 Å². The molecule has 0 amide bonds. The van der Waals surface area contributed by atoms with Crippen LogP contribution in [0.3, 0.4) is 0 Å². The molecule has 1 heterocycles. The van der Waals surface area contributed by atoms with Crippen molar-refractivity contribution in [2.24, 2.45) is 9.98 Å². The highest BCUT2D eigenvalue weighted by molar-refractivity contribution is 6.18. The van der Waals surface area contributed by atoms with Gasteiger partial charge in [-0.2, -0.15) is 0 Å². The summed E-state index contributed by atoms with van der Waals surface area (Å²) >= 11 is 0. The summed E-state index contributed by atoms with van der Waals surface area (Å²) in [5.41, 5.74) is 10.2. The molecule has 1 aliphatic heterocycles. The summed E-state index contributed by atoms with van der Waals surface area (Å²) in [6.45, 7) is 0. The Hall–Kier alpha value is -7.10. The predicted octanol–water partition coefficient (Wildman–Crippen LogP) is 12.6. The van der Waals surface area contributed by atoms with Crippen molar-refractivity contribution in [2.75, 3.05) is 0 Å². The Morgan fingerprint density at radius 2 is 0.963 bits per heavy atom. The first-order valence-corrected chi connectivity index (χ1v) is 18.4. The van der Waals surface area contributed by atoms with Crippen molar-refractivity contribution in [1.82, 2.24) is 5.32 Å². The van der Waals surface area contributed by atoms with Gasteiger partial charge in [-0.1, -0.05) is 194 Å². The van der Waals surface area contributed by atoms with Crippen LogP contribution in [0, 0.1) is 0 Å². The second-order valence-electron chi connectivity index (χ2n) is 13.8. The summed E-state index contributed by atoms with van der Waals surface area (Å²) in [5.74, 6) is 1.50. The summed E-state index contributed by atoms with van der Waals surface area (Å²) in [6.07, 6.45) is -0.289. The van der Waals surface area contributed by atoms with Gasteiger partial charge in [0.2, 0.25) is 0 Å². The van der Waals surface area contributed by atoms with Gasteiger partial charge >= 0.3 is 0 Å². The van der Waals surface area contributed by atoms with E-state index in [1.54, 1.807) is 0 Å². The van der Waals surface area contributed by atoms with Crippen LogP contribution >= 0.6 is 0 Å². The molecular weight excluding hydrogens is 655 g/mol. The van der Waals surface area contributed by atoms with Crippen molar-refractivity contribution in [1.29, 1.82) is 0 Å². The van der Waals surface area contributed by atoms with Crippen LogP contribution < -0.4 is 5.32 Å². The third-order valence-corrected chi connectivity index (χ3v) is 10.5. The molecule has 3 nitrogen and oxygen atoms in total. The van der Waals surface area contributed by atoms with Gasteiger partial charge < -0.3 is 5.32 Å². The maximum atomic E-state index is 5.22. The van der Waals surface area contributed by atoms with E-state index in [-0.39, 0.29) is 6.17 Å². The number of hydrogen-bond acceptors (Lipinski definition) is 3. The van der Waals surface area contributed by atoms with Crippen molar-refractivity contribution < 1.29 is 0 Å². The third kappa shape index (κ3) is 5.64. The van der Waals surface area contributed by atoms with Gasteiger partial charge in [-0.15, -0.1) is 0 Å².